The molecule has 4 heteroatoms. The van der Waals surface area contributed by atoms with E-state index in [4.69, 9.17) is 4.74 Å². The molecule has 0 fully saturated rings. The topological polar surface area (TPSA) is 41.5 Å². The molecule has 0 amide bonds. The summed E-state index contributed by atoms with van der Waals surface area (Å²) in [5, 5.41) is 15.4. The summed E-state index contributed by atoms with van der Waals surface area (Å²) in [6, 6.07) is 4.05. The van der Waals surface area contributed by atoms with Crippen molar-refractivity contribution in [3.8, 4) is 0 Å². The molecule has 0 aliphatic carbocycles. The average molecular weight is 299 g/mol. The van der Waals surface area contributed by atoms with Crippen LogP contribution in [0.2, 0.25) is 0 Å². The molecular weight excluding hydrogens is 270 g/mol. The van der Waals surface area contributed by atoms with Crippen LogP contribution in [-0.2, 0) is 11.3 Å². The lowest BCUT2D eigenvalue weighted by Crippen LogP contribution is -2.46. The normalized spacial score (nSPS) is 14.5. The van der Waals surface area contributed by atoms with Crippen molar-refractivity contribution in [3.63, 3.8) is 0 Å². The standard InChI is InChI=1S/C16H29NO2S/c1-15(2,3)12-16(4,5)17-9-13(18)10-19-11-14-7-6-8-20-14/h6-8,13,17-18H,9-12H2,1-5H3. The minimum absolute atomic E-state index is 0.0208. The van der Waals surface area contributed by atoms with Crippen molar-refractivity contribution in [2.75, 3.05) is 13.2 Å². The van der Waals surface area contributed by atoms with Crippen LogP contribution >= 0.6 is 11.3 Å². The number of β-amino-alcohol motifs (C(OH)–C–C–N with tert-alkyl or cyclic N) is 1. The molecule has 1 atom stereocenters. The Labute approximate surface area is 127 Å². The molecule has 0 radical (unpaired) electrons. The molecule has 1 rings (SSSR count). The Hall–Kier alpha value is -0.420. The zero-order chi connectivity index (χ0) is 15.2. The van der Waals surface area contributed by atoms with E-state index in [1.54, 1.807) is 11.3 Å². The van der Waals surface area contributed by atoms with Gasteiger partial charge in [0.2, 0.25) is 0 Å². The third kappa shape index (κ3) is 8.00. The Balaban J connectivity index is 2.20. The minimum Gasteiger partial charge on any atom is -0.389 e. The fraction of sp³-hybridized carbons (Fsp3) is 0.750. The maximum atomic E-state index is 9.96. The molecule has 1 aromatic heterocycles. The highest BCUT2D eigenvalue weighted by molar-refractivity contribution is 7.09. The molecule has 1 aromatic rings. The van der Waals surface area contributed by atoms with Gasteiger partial charge in [-0.25, -0.2) is 0 Å². The van der Waals surface area contributed by atoms with Crippen LogP contribution < -0.4 is 5.32 Å². The number of thiophene rings is 1. The van der Waals surface area contributed by atoms with E-state index in [2.05, 4.69) is 39.9 Å². The first kappa shape index (κ1) is 17.6. The van der Waals surface area contributed by atoms with Crippen LogP contribution in [0.15, 0.2) is 17.5 Å². The summed E-state index contributed by atoms with van der Waals surface area (Å²) < 4.78 is 5.53. The van der Waals surface area contributed by atoms with Crippen LogP contribution in [0, 0.1) is 5.41 Å². The number of nitrogens with one attached hydrogen (secondary N) is 1. The molecule has 20 heavy (non-hydrogen) atoms. The first-order valence-electron chi connectivity index (χ1n) is 7.21. The predicted molar refractivity (Wildman–Crippen MR) is 86.1 cm³/mol. The number of hydrogen-bond donors (Lipinski definition) is 2. The first-order valence-corrected chi connectivity index (χ1v) is 8.09. The van der Waals surface area contributed by atoms with Crippen molar-refractivity contribution < 1.29 is 9.84 Å². The lowest BCUT2D eigenvalue weighted by molar-refractivity contribution is 0.0253. The van der Waals surface area contributed by atoms with E-state index >= 15 is 0 Å². The molecule has 0 spiro atoms. The molecule has 0 bridgehead atoms. The van der Waals surface area contributed by atoms with Gasteiger partial charge in [-0.3, -0.25) is 0 Å². The maximum Gasteiger partial charge on any atom is 0.0898 e. The summed E-state index contributed by atoms with van der Waals surface area (Å²) in [6.07, 6.45) is 0.595. The van der Waals surface area contributed by atoms with E-state index in [1.807, 2.05) is 17.5 Å². The summed E-state index contributed by atoms with van der Waals surface area (Å²) in [5.41, 5.74) is 0.296. The molecule has 0 aliphatic heterocycles. The van der Waals surface area contributed by atoms with Gasteiger partial charge in [0.1, 0.15) is 0 Å². The van der Waals surface area contributed by atoms with Crippen molar-refractivity contribution in [1.82, 2.24) is 5.32 Å². The minimum atomic E-state index is -0.464. The third-order valence-electron chi connectivity index (χ3n) is 2.92. The molecule has 0 aromatic carbocycles. The maximum absolute atomic E-state index is 9.96. The largest absolute Gasteiger partial charge is 0.389 e. The van der Waals surface area contributed by atoms with E-state index < -0.39 is 6.10 Å². The highest BCUT2D eigenvalue weighted by atomic mass is 32.1. The fourth-order valence-corrected chi connectivity index (χ4v) is 3.17. The average Bonchev–Trinajstić information content (AvgIpc) is 2.76. The summed E-state index contributed by atoms with van der Waals surface area (Å²) in [4.78, 5) is 1.19. The lowest BCUT2D eigenvalue weighted by atomic mass is 9.82. The van der Waals surface area contributed by atoms with Crippen molar-refractivity contribution in [2.45, 2.75) is 59.3 Å². The molecule has 116 valence electrons. The van der Waals surface area contributed by atoms with Crippen LogP contribution in [0.5, 0.6) is 0 Å². The molecule has 3 nitrogen and oxygen atoms in total. The van der Waals surface area contributed by atoms with Crippen LogP contribution in [0.25, 0.3) is 0 Å². The van der Waals surface area contributed by atoms with Gasteiger partial charge in [0, 0.05) is 17.0 Å². The van der Waals surface area contributed by atoms with Crippen LogP contribution in [0.3, 0.4) is 0 Å². The summed E-state index contributed by atoms with van der Waals surface area (Å²) >= 11 is 1.68. The van der Waals surface area contributed by atoms with E-state index in [-0.39, 0.29) is 11.0 Å². The quantitative estimate of drug-likeness (QED) is 0.773. The zero-order valence-electron chi connectivity index (χ0n) is 13.4. The number of ether oxygens (including phenoxy) is 1. The van der Waals surface area contributed by atoms with E-state index in [1.165, 1.54) is 4.88 Å². The summed E-state index contributed by atoms with van der Waals surface area (Å²) in [7, 11) is 0. The zero-order valence-corrected chi connectivity index (χ0v) is 14.2. The number of rotatable bonds is 8. The highest BCUT2D eigenvalue weighted by Gasteiger charge is 2.25. The van der Waals surface area contributed by atoms with Crippen molar-refractivity contribution >= 4 is 11.3 Å². The van der Waals surface area contributed by atoms with Crippen LogP contribution in [-0.4, -0.2) is 29.9 Å². The molecule has 0 aliphatic rings. The van der Waals surface area contributed by atoms with Gasteiger partial charge in [0.05, 0.1) is 19.3 Å². The van der Waals surface area contributed by atoms with Gasteiger partial charge >= 0.3 is 0 Å². The Bertz CT molecular complexity index is 368. The molecule has 1 unspecified atom stereocenters. The SMILES string of the molecule is CC(C)(C)CC(C)(C)NCC(O)COCc1cccs1. The number of aliphatic hydroxyl groups excluding tert-OH is 1. The second kappa shape index (κ2) is 7.55. The van der Waals surface area contributed by atoms with Gasteiger partial charge in [-0.05, 0) is 37.1 Å². The molecule has 2 N–H and O–H groups in total. The van der Waals surface area contributed by atoms with Crippen molar-refractivity contribution in [1.29, 1.82) is 0 Å². The summed E-state index contributed by atoms with van der Waals surface area (Å²) in [5.74, 6) is 0. The molecule has 0 saturated heterocycles. The lowest BCUT2D eigenvalue weighted by Gasteiger charge is -2.34. The van der Waals surface area contributed by atoms with Gasteiger partial charge < -0.3 is 15.2 Å². The van der Waals surface area contributed by atoms with Gasteiger partial charge in [-0.15, -0.1) is 11.3 Å². The van der Waals surface area contributed by atoms with Crippen molar-refractivity contribution in [3.05, 3.63) is 22.4 Å². The van der Waals surface area contributed by atoms with Gasteiger partial charge in [0.15, 0.2) is 0 Å². The fourth-order valence-electron chi connectivity index (χ4n) is 2.53. The predicted octanol–water partition coefficient (Wildman–Crippen LogP) is 3.43. The second-order valence-electron chi connectivity index (χ2n) is 7.25. The Morgan fingerprint density at radius 2 is 2.00 bits per heavy atom. The first-order chi connectivity index (χ1) is 9.18. The van der Waals surface area contributed by atoms with Gasteiger partial charge in [-0.1, -0.05) is 26.8 Å². The van der Waals surface area contributed by atoms with Gasteiger partial charge in [0.25, 0.3) is 0 Å². The molecule has 0 saturated carbocycles. The number of hydrogen-bond acceptors (Lipinski definition) is 4. The second-order valence-corrected chi connectivity index (χ2v) is 8.28. The van der Waals surface area contributed by atoms with Crippen molar-refractivity contribution in [2.24, 2.45) is 5.41 Å². The summed E-state index contributed by atoms with van der Waals surface area (Å²) in [6.45, 7) is 12.6. The van der Waals surface area contributed by atoms with Gasteiger partial charge in [-0.2, -0.15) is 0 Å². The Morgan fingerprint density at radius 1 is 1.30 bits per heavy atom. The smallest absolute Gasteiger partial charge is 0.0898 e. The monoisotopic (exact) mass is 299 g/mol. The molecule has 1 heterocycles. The Kier molecular flexibility index (Phi) is 6.65. The number of aliphatic hydroxyl groups is 1. The van der Waals surface area contributed by atoms with E-state index in [0.717, 1.165) is 6.42 Å². The van der Waals surface area contributed by atoms with Crippen LogP contribution in [0.4, 0.5) is 0 Å². The molecular formula is C16H29NO2S. The van der Waals surface area contributed by atoms with E-state index in [0.29, 0.717) is 19.8 Å². The highest BCUT2D eigenvalue weighted by Crippen LogP contribution is 2.26. The van der Waals surface area contributed by atoms with E-state index in [9.17, 15) is 5.11 Å². The Morgan fingerprint density at radius 3 is 2.55 bits per heavy atom. The third-order valence-corrected chi connectivity index (χ3v) is 3.77. The van der Waals surface area contributed by atoms with Crippen LogP contribution in [0.1, 0.15) is 45.9 Å².